The molecule has 1 amide bonds. The molecule has 1 aromatic rings. The van der Waals surface area contributed by atoms with Crippen LogP contribution in [0.3, 0.4) is 0 Å². The molecule has 92 valence electrons. The molecule has 0 spiro atoms. The van der Waals surface area contributed by atoms with Crippen molar-refractivity contribution in [3.05, 3.63) is 35.4 Å². The van der Waals surface area contributed by atoms with Gasteiger partial charge < -0.3 is 10.4 Å². The van der Waals surface area contributed by atoms with E-state index in [1.807, 2.05) is 6.07 Å². The van der Waals surface area contributed by atoms with Crippen molar-refractivity contribution >= 4 is 11.9 Å². The first kappa shape index (κ1) is 12.1. The molecule has 1 aliphatic rings. The zero-order chi connectivity index (χ0) is 13.2. The molecule has 1 aliphatic carbocycles. The zero-order valence-corrected chi connectivity index (χ0v) is 9.64. The highest BCUT2D eigenvalue weighted by molar-refractivity contribution is 6.04. The third kappa shape index (κ3) is 2.18. The van der Waals surface area contributed by atoms with E-state index in [0.717, 1.165) is 5.56 Å². The Morgan fingerprint density at radius 3 is 2.39 bits per heavy atom. The van der Waals surface area contributed by atoms with Gasteiger partial charge in [0.25, 0.3) is 0 Å². The van der Waals surface area contributed by atoms with Crippen LogP contribution in [0.15, 0.2) is 24.3 Å². The van der Waals surface area contributed by atoms with E-state index in [1.54, 1.807) is 24.3 Å². The number of benzene rings is 1. The van der Waals surface area contributed by atoms with Crippen LogP contribution in [0, 0.1) is 16.7 Å². The normalized spacial score (nSPS) is 15.5. The second-order valence-electron chi connectivity index (χ2n) is 4.38. The molecule has 18 heavy (non-hydrogen) atoms. The minimum absolute atomic E-state index is 0.277. The second-order valence-corrected chi connectivity index (χ2v) is 4.38. The lowest BCUT2D eigenvalue weighted by molar-refractivity contribution is -0.149. The molecule has 0 heterocycles. The standard InChI is InChI=1S/C13H12N2O3/c14-7-9-1-3-10(4-2-9)8-15-11(16)13(5-6-13)12(17)18/h1-4H,5-6,8H2,(H,15,16)(H,17,18). The summed E-state index contributed by atoms with van der Waals surface area (Å²) >= 11 is 0. The Morgan fingerprint density at radius 2 is 1.94 bits per heavy atom. The van der Waals surface area contributed by atoms with Crippen molar-refractivity contribution in [3.8, 4) is 6.07 Å². The van der Waals surface area contributed by atoms with Crippen LogP contribution in [0.2, 0.25) is 0 Å². The van der Waals surface area contributed by atoms with Crippen molar-refractivity contribution < 1.29 is 14.7 Å². The summed E-state index contributed by atoms with van der Waals surface area (Å²) in [6.45, 7) is 0.277. The molecular weight excluding hydrogens is 232 g/mol. The summed E-state index contributed by atoms with van der Waals surface area (Å²) in [6, 6.07) is 8.79. The van der Waals surface area contributed by atoms with Gasteiger partial charge in [-0.2, -0.15) is 5.26 Å². The van der Waals surface area contributed by atoms with E-state index in [2.05, 4.69) is 5.32 Å². The largest absolute Gasteiger partial charge is 0.480 e. The van der Waals surface area contributed by atoms with Gasteiger partial charge in [0.15, 0.2) is 0 Å². The average Bonchev–Trinajstić information content (AvgIpc) is 3.18. The predicted molar refractivity (Wildman–Crippen MR) is 62.3 cm³/mol. The number of rotatable bonds is 4. The average molecular weight is 244 g/mol. The summed E-state index contributed by atoms with van der Waals surface area (Å²) in [7, 11) is 0. The molecule has 0 atom stereocenters. The maximum Gasteiger partial charge on any atom is 0.319 e. The van der Waals surface area contributed by atoms with Gasteiger partial charge >= 0.3 is 5.97 Å². The van der Waals surface area contributed by atoms with Crippen LogP contribution in [-0.4, -0.2) is 17.0 Å². The Balaban J connectivity index is 1.94. The van der Waals surface area contributed by atoms with Gasteiger partial charge in [-0.1, -0.05) is 12.1 Å². The van der Waals surface area contributed by atoms with E-state index in [-0.39, 0.29) is 6.54 Å². The lowest BCUT2D eigenvalue weighted by Crippen LogP contribution is -2.36. The fraction of sp³-hybridized carbons (Fsp3) is 0.308. The number of nitrogens with one attached hydrogen (secondary N) is 1. The highest BCUT2D eigenvalue weighted by Crippen LogP contribution is 2.46. The number of hydrogen-bond donors (Lipinski definition) is 2. The molecule has 0 saturated heterocycles. The van der Waals surface area contributed by atoms with E-state index in [9.17, 15) is 9.59 Å². The Labute approximate surface area is 104 Å². The third-order valence-electron chi connectivity index (χ3n) is 3.13. The van der Waals surface area contributed by atoms with Gasteiger partial charge in [-0.15, -0.1) is 0 Å². The maximum atomic E-state index is 11.7. The Kier molecular flexibility index (Phi) is 3.02. The fourth-order valence-corrected chi connectivity index (χ4v) is 1.71. The van der Waals surface area contributed by atoms with Crippen LogP contribution in [0.1, 0.15) is 24.0 Å². The summed E-state index contributed by atoms with van der Waals surface area (Å²) in [4.78, 5) is 22.6. The Hall–Kier alpha value is -2.35. The predicted octanol–water partition coefficient (Wildman–Crippen LogP) is 1.04. The molecular formula is C13H12N2O3. The number of nitriles is 1. The maximum absolute atomic E-state index is 11.7. The molecule has 0 bridgehead atoms. The van der Waals surface area contributed by atoms with Crippen LogP contribution < -0.4 is 5.32 Å². The Morgan fingerprint density at radius 1 is 1.33 bits per heavy atom. The molecule has 0 unspecified atom stereocenters. The molecule has 0 aromatic heterocycles. The molecule has 1 fully saturated rings. The highest BCUT2D eigenvalue weighted by atomic mass is 16.4. The van der Waals surface area contributed by atoms with Gasteiger partial charge in [-0.05, 0) is 30.5 Å². The SMILES string of the molecule is N#Cc1ccc(CNC(=O)C2(C(=O)O)CC2)cc1. The van der Waals surface area contributed by atoms with Gasteiger partial charge in [-0.25, -0.2) is 0 Å². The third-order valence-corrected chi connectivity index (χ3v) is 3.13. The number of carboxylic acid groups (broad SMARTS) is 1. The minimum Gasteiger partial charge on any atom is -0.480 e. The molecule has 2 N–H and O–H groups in total. The number of carbonyl (C=O) groups excluding carboxylic acids is 1. The van der Waals surface area contributed by atoms with Gasteiger partial charge in [0, 0.05) is 6.54 Å². The smallest absolute Gasteiger partial charge is 0.319 e. The number of carbonyl (C=O) groups is 2. The van der Waals surface area contributed by atoms with Crippen LogP contribution in [0.5, 0.6) is 0 Å². The van der Waals surface area contributed by atoms with E-state index in [4.69, 9.17) is 10.4 Å². The number of nitrogens with zero attached hydrogens (tertiary/aromatic N) is 1. The van der Waals surface area contributed by atoms with Gasteiger partial charge in [-0.3, -0.25) is 9.59 Å². The summed E-state index contributed by atoms with van der Waals surface area (Å²) in [5.74, 6) is -1.49. The summed E-state index contributed by atoms with van der Waals surface area (Å²) in [6.07, 6.45) is 0.809. The first-order valence-electron chi connectivity index (χ1n) is 5.59. The van der Waals surface area contributed by atoms with Crippen molar-refractivity contribution in [1.82, 2.24) is 5.32 Å². The monoisotopic (exact) mass is 244 g/mol. The topological polar surface area (TPSA) is 90.2 Å². The molecule has 1 saturated carbocycles. The number of carboxylic acids is 1. The molecule has 0 aliphatic heterocycles. The molecule has 0 radical (unpaired) electrons. The summed E-state index contributed by atoms with van der Waals surface area (Å²) < 4.78 is 0. The van der Waals surface area contributed by atoms with E-state index in [1.165, 1.54) is 0 Å². The van der Waals surface area contributed by atoms with Crippen LogP contribution in [0.4, 0.5) is 0 Å². The quantitative estimate of drug-likeness (QED) is 0.774. The molecule has 1 aromatic carbocycles. The van der Waals surface area contributed by atoms with Crippen molar-refractivity contribution in [1.29, 1.82) is 5.26 Å². The summed E-state index contributed by atoms with van der Waals surface area (Å²) in [5.41, 5.74) is 0.185. The number of hydrogen-bond acceptors (Lipinski definition) is 3. The lowest BCUT2D eigenvalue weighted by atomic mass is 10.1. The van der Waals surface area contributed by atoms with Crippen molar-refractivity contribution in [2.75, 3.05) is 0 Å². The number of amides is 1. The number of aliphatic carboxylic acids is 1. The van der Waals surface area contributed by atoms with Crippen LogP contribution in [0.25, 0.3) is 0 Å². The Bertz CT molecular complexity index is 524. The fourth-order valence-electron chi connectivity index (χ4n) is 1.71. The van der Waals surface area contributed by atoms with Crippen molar-refractivity contribution in [2.45, 2.75) is 19.4 Å². The lowest BCUT2D eigenvalue weighted by Gasteiger charge is -2.10. The first-order valence-corrected chi connectivity index (χ1v) is 5.59. The molecule has 2 rings (SSSR count). The van der Waals surface area contributed by atoms with Crippen molar-refractivity contribution in [2.24, 2.45) is 5.41 Å². The van der Waals surface area contributed by atoms with E-state index >= 15 is 0 Å². The minimum atomic E-state index is -1.20. The van der Waals surface area contributed by atoms with Gasteiger partial charge in [0.2, 0.25) is 5.91 Å². The molecule has 5 heteroatoms. The van der Waals surface area contributed by atoms with E-state index in [0.29, 0.717) is 18.4 Å². The van der Waals surface area contributed by atoms with Crippen LogP contribution >= 0.6 is 0 Å². The van der Waals surface area contributed by atoms with Crippen LogP contribution in [-0.2, 0) is 16.1 Å². The van der Waals surface area contributed by atoms with Gasteiger partial charge in [0.05, 0.1) is 11.6 Å². The highest BCUT2D eigenvalue weighted by Gasteiger charge is 2.56. The second kappa shape index (κ2) is 4.49. The zero-order valence-electron chi connectivity index (χ0n) is 9.64. The van der Waals surface area contributed by atoms with Crippen molar-refractivity contribution in [3.63, 3.8) is 0 Å². The molecule has 5 nitrogen and oxygen atoms in total. The van der Waals surface area contributed by atoms with E-state index < -0.39 is 17.3 Å². The van der Waals surface area contributed by atoms with Gasteiger partial charge in [0.1, 0.15) is 5.41 Å². The summed E-state index contributed by atoms with van der Waals surface area (Å²) in [5, 5.41) is 20.2. The first-order chi connectivity index (χ1) is 8.58.